The molecule has 0 aromatic heterocycles. The number of hydrogen-bond donors (Lipinski definition) is 0. The Labute approximate surface area is 125 Å². The summed E-state index contributed by atoms with van der Waals surface area (Å²) < 4.78 is 12.7. The van der Waals surface area contributed by atoms with E-state index >= 15 is 0 Å². The van der Waals surface area contributed by atoms with E-state index in [2.05, 4.69) is 6.08 Å². The van der Waals surface area contributed by atoms with Gasteiger partial charge < -0.3 is 0 Å². The van der Waals surface area contributed by atoms with E-state index in [1.807, 2.05) is 30.3 Å². The van der Waals surface area contributed by atoms with Gasteiger partial charge in [0.05, 0.1) is 10.8 Å². The van der Waals surface area contributed by atoms with Crippen LogP contribution < -0.4 is 0 Å². The Morgan fingerprint density at radius 2 is 1.35 bits per heavy atom. The lowest BCUT2D eigenvalue weighted by atomic mass is 10.0. The van der Waals surface area contributed by atoms with Gasteiger partial charge in [0.25, 0.3) is 0 Å². The molecule has 0 radical (unpaired) electrons. The number of allylic oxidation sites excluding steroid dienone is 2. The maximum absolute atomic E-state index is 12.7. The van der Waals surface area contributed by atoms with Crippen molar-refractivity contribution in [2.75, 3.05) is 0 Å². The standard InChI is InChI=1S/C18H26OS/c19-20(18-15-11-8-12-16-18)17-13-9-6-4-2-1-3-5-7-10-14-17/h8,11-13,15-16H,1-7,9-10,14H2/b17-13+. The lowest BCUT2D eigenvalue weighted by Crippen LogP contribution is -1.98. The van der Waals surface area contributed by atoms with E-state index in [1.165, 1.54) is 51.4 Å². The molecule has 1 aliphatic rings. The Balaban J connectivity index is 2.02. The van der Waals surface area contributed by atoms with Gasteiger partial charge >= 0.3 is 0 Å². The minimum atomic E-state index is -0.951. The van der Waals surface area contributed by atoms with Gasteiger partial charge in [0.15, 0.2) is 0 Å². The quantitative estimate of drug-likeness (QED) is 0.693. The Morgan fingerprint density at radius 3 is 2.05 bits per heavy atom. The molecule has 0 spiro atoms. The van der Waals surface area contributed by atoms with Crippen LogP contribution in [0.15, 0.2) is 46.2 Å². The molecule has 0 N–H and O–H groups in total. The molecular formula is C18H26OS. The summed E-state index contributed by atoms with van der Waals surface area (Å²) in [6.07, 6.45) is 14.9. The fraction of sp³-hybridized carbons (Fsp3) is 0.556. The van der Waals surface area contributed by atoms with Crippen LogP contribution in [-0.2, 0) is 10.8 Å². The molecule has 1 unspecified atom stereocenters. The third kappa shape index (κ3) is 5.24. The van der Waals surface area contributed by atoms with Crippen molar-refractivity contribution in [3.8, 4) is 0 Å². The van der Waals surface area contributed by atoms with Crippen LogP contribution in [0.25, 0.3) is 0 Å². The van der Waals surface area contributed by atoms with E-state index in [1.54, 1.807) is 0 Å². The van der Waals surface area contributed by atoms with Gasteiger partial charge in [-0.3, -0.25) is 0 Å². The molecule has 0 saturated heterocycles. The van der Waals surface area contributed by atoms with E-state index in [4.69, 9.17) is 0 Å². The van der Waals surface area contributed by atoms with Crippen LogP contribution in [0.2, 0.25) is 0 Å². The first-order valence-corrected chi connectivity index (χ1v) is 9.19. The van der Waals surface area contributed by atoms with Crippen LogP contribution in [0, 0.1) is 0 Å². The maximum atomic E-state index is 12.7. The van der Waals surface area contributed by atoms with Crippen molar-refractivity contribution < 1.29 is 4.21 Å². The fourth-order valence-corrected chi connectivity index (χ4v) is 4.04. The van der Waals surface area contributed by atoms with Gasteiger partial charge in [0.1, 0.15) is 0 Å². The highest BCUT2D eigenvalue weighted by atomic mass is 32.2. The van der Waals surface area contributed by atoms with Crippen LogP contribution in [0.5, 0.6) is 0 Å². The summed E-state index contributed by atoms with van der Waals surface area (Å²) in [5, 5.41) is 0. The summed E-state index contributed by atoms with van der Waals surface area (Å²) in [5.74, 6) is 0. The van der Waals surface area contributed by atoms with Crippen LogP contribution in [0.1, 0.15) is 64.2 Å². The summed E-state index contributed by atoms with van der Waals surface area (Å²) in [7, 11) is -0.951. The predicted molar refractivity (Wildman–Crippen MR) is 87.1 cm³/mol. The van der Waals surface area contributed by atoms with Crippen LogP contribution >= 0.6 is 0 Å². The van der Waals surface area contributed by atoms with Crippen molar-refractivity contribution in [2.45, 2.75) is 69.1 Å². The van der Waals surface area contributed by atoms with E-state index < -0.39 is 10.8 Å². The first kappa shape index (κ1) is 15.5. The van der Waals surface area contributed by atoms with Crippen LogP contribution in [-0.4, -0.2) is 4.21 Å². The summed E-state index contributed by atoms with van der Waals surface area (Å²) in [4.78, 5) is 2.10. The Bertz CT molecular complexity index is 436. The largest absolute Gasteiger partial charge is 0.249 e. The second kappa shape index (κ2) is 9.12. The average molecular weight is 290 g/mol. The molecular weight excluding hydrogens is 264 g/mol. The average Bonchev–Trinajstić information content (AvgIpc) is 2.48. The van der Waals surface area contributed by atoms with E-state index in [0.29, 0.717) is 0 Å². The minimum Gasteiger partial charge on any atom is -0.249 e. The molecule has 1 nitrogen and oxygen atoms in total. The smallest absolute Gasteiger partial charge is 0.0805 e. The van der Waals surface area contributed by atoms with E-state index in [9.17, 15) is 4.21 Å². The van der Waals surface area contributed by atoms with Gasteiger partial charge in [-0.25, -0.2) is 4.21 Å². The topological polar surface area (TPSA) is 17.1 Å². The van der Waals surface area contributed by atoms with E-state index in [-0.39, 0.29) is 0 Å². The first-order valence-electron chi connectivity index (χ1n) is 8.04. The van der Waals surface area contributed by atoms with Crippen molar-refractivity contribution in [1.29, 1.82) is 0 Å². The maximum Gasteiger partial charge on any atom is 0.0805 e. The Morgan fingerprint density at radius 1 is 0.750 bits per heavy atom. The van der Waals surface area contributed by atoms with Gasteiger partial charge in [-0.1, -0.05) is 62.8 Å². The third-order valence-corrected chi connectivity index (χ3v) is 5.49. The zero-order valence-electron chi connectivity index (χ0n) is 12.4. The van der Waals surface area contributed by atoms with Gasteiger partial charge in [-0.15, -0.1) is 0 Å². The number of hydrogen-bond acceptors (Lipinski definition) is 1. The lowest BCUT2D eigenvalue weighted by molar-refractivity contribution is 0.565. The zero-order valence-corrected chi connectivity index (χ0v) is 13.2. The second-order valence-corrected chi connectivity index (χ2v) is 7.15. The van der Waals surface area contributed by atoms with Crippen LogP contribution in [0.4, 0.5) is 0 Å². The summed E-state index contributed by atoms with van der Waals surface area (Å²) in [6.45, 7) is 0. The molecule has 110 valence electrons. The molecule has 0 aliphatic heterocycles. The van der Waals surface area contributed by atoms with Crippen LogP contribution in [0.3, 0.4) is 0 Å². The molecule has 1 aromatic carbocycles. The Hall–Kier alpha value is -0.890. The molecule has 0 fully saturated rings. The zero-order chi connectivity index (χ0) is 14.0. The summed E-state index contributed by atoms with van der Waals surface area (Å²) in [6, 6.07) is 9.89. The molecule has 2 rings (SSSR count). The van der Waals surface area contributed by atoms with Gasteiger partial charge in [0, 0.05) is 9.80 Å². The summed E-state index contributed by atoms with van der Waals surface area (Å²) >= 11 is 0. The SMILES string of the molecule is O=S(/C1=C/CCCCCCCCCC1)c1ccccc1. The molecule has 1 aromatic rings. The molecule has 0 heterocycles. The number of rotatable bonds is 2. The van der Waals surface area contributed by atoms with Gasteiger partial charge in [-0.2, -0.15) is 0 Å². The fourth-order valence-electron chi connectivity index (χ4n) is 2.73. The van der Waals surface area contributed by atoms with Gasteiger partial charge in [0.2, 0.25) is 0 Å². The molecule has 1 atom stereocenters. The molecule has 0 amide bonds. The monoisotopic (exact) mass is 290 g/mol. The first-order chi connectivity index (χ1) is 9.88. The molecule has 20 heavy (non-hydrogen) atoms. The normalized spacial score (nSPS) is 22.9. The highest BCUT2D eigenvalue weighted by molar-refractivity contribution is 7.89. The minimum absolute atomic E-state index is 0.950. The number of benzene rings is 1. The highest BCUT2D eigenvalue weighted by Crippen LogP contribution is 2.22. The van der Waals surface area contributed by atoms with Gasteiger partial charge in [-0.05, 0) is 37.8 Å². The lowest BCUT2D eigenvalue weighted by Gasteiger charge is -2.10. The van der Waals surface area contributed by atoms with Crippen molar-refractivity contribution in [3.63, 3.8) is 0 Å². The summed E-state index contributed by atoms with van der Waals surface area (Å²) in [5.41, 5.74) is 0. The van der Waals surface area contributed by atoms with Crippen molar-refractivity contribution in [3.05, 3.63) is 41.3 Å². The van der Waals surface area contributed by atoms with Crippen molar-refractivity contribution in [2.24, 2.45) is 0 Å². The molecule has 1 aliphatic carbocycles. The second-order valence-electron chi connectivity index (χ2n) is 5.62. The third-order valence-electron chi connectivity index (χ3n) is 3.94. The molecule has 2 heteroatoms. The molecule has 0 saturated carbocycles. The Kier molecular flexibility index (Phi) is 7.07. The van der Waals surface area contributed by atoms with E-state index in [0.717, 1.165) is 22.6 Å². The predicted octanol–water partition coefficient (Wildman–Crippen LogP) is 5.59. The molecule has 0 bridgehead atoms. The van der Waals surface area contributed by atoms with Crippen molar-refractivity contribution in [1.82, 2.24) is 0 Å². The highest BCUT2D eigenvalue weighted by Gasteiger charge is 2.10. The van der Waals surface area contributed by atoms with Crippen molar-refractivity contribution >= 4 is 10.8 Å².